The molecule has 1 aromatic rings. The third kappa shape index (κ3) is 0.914. The molecule has 1 aromatic heterocycles. The third-order valence-corrected chi connectivity index (χ3v) is 2.15. The largest absolute Gasteiger partial charge is 0.478 e. The predicted molar refractivity (Wildman–Crippen MR) is 41.7 cm³/mol. The highest BCUT2D eigenvalue weighted by atomic mass is 16.5. The summed E-state index contributed by atoms with van der Waals surface area (Å²) in [5.41, 5.74) is 0.122. The van der Waals surface area contributed by atoms with E-state index in [0.717, 1.165) is 18.9 Å². The second-order valence-corrected chi connectivity index (χ2v) is 3.49. The van der Waals surface area contributed by atoms with Gasteiger partial charge in [0.25, 0.3) is 0 Å². The minimum atomic E-state index is 0.122. The molecule has 0 N–H and O–H groups in total. The molecule has 0 bridgehead atoms. The van der Waals surface area contributed by atoms with Gasteiger partial charge >= 0.3 is 0 Å². The lowest BCUT2D eigenvalue weighted by atomic mass is 10.0. The van der Waals surface area contributed by atoms with Crippen LogP contribution in [-0.4, -0.2) is 16.4 Å². The summed E-state index contributed by atoms with van der Waals surface area (Å²) < 4.78 is 7.34. The van der Waals surface area contributed by atoms with E-state index in [9.17, 15) is 0 Å². The van der Waals surface area contributed by atoms with E-state index in [4.69, 9.17) is 4.74 Å². The monoisotopic (exact) mass is 152 g/mol. The van der Waals surface area contributed by atoms with Crippen LogP contribution < -0.4 is 4.74 Å². The van der Waals surface area contributed by atoms with Crippen LogP contribution in [0.3, 0.4) is 0 Å². The van der Waals surface area contributed by atoms with Crippen molar-refractivity contribution >= 4 is 0 Å². The van der Waals surface area contributed by atoms with E-state index in [0.29, 0.717) is 0 Å². The molecular formula is C8H12N2O. The fourth-order valence-electron chi connectivity index (χ4n) is 1.37. The minimum Gasteiger partial charge on any atom is -0.478 e. The Morgan fingerprint density at radius 2 is 2.45 bits per heavy atom. The standard InChI is InChI=1S/C8H12N2O/c1-8(2)4-6-11-7-3-5-9-10(7)8/h3,5H,4,6H2,1-2H3. The van der Waals surface area contributed by atoms with E-state index >= 15 is 0 Å². The van der Waals surface area contributed by atoms with E-state index in [1.54, 1.807) is 6.20 Å². The number of rotatable bonds is 0. The topological polar surface area (TPSA) is 27.1 Å². The number of fused-ring (bicyclic) bond motifs is 1. The highest BCUT2D eigenvalue weighted by molar-refractivity contribution is 5.12. The van der Waals surface area contributed by atoms with Gasteiger partial charge in [-0.3, -0.25) is 0 Å². The molecular weight excluding hydrogens is 140 g/mol. The zero-order chi connectivity index (χ0) is 7.90. The van der Waals surface area contributed by atoms with Crippen molar-refractivity contribution in [2.75, 3.05) is 6.61 Å². The van der Waals surface area contributed by atoms with Gasteiger partial charge in [0, 0.05) is 12.5 Å². The van der Waals surface area contributed by atoms with Gasteiger partial charge < -0.3 is 4.74 Å². The van der Waals surface area contributed by atoms with Crippen molar-refractivity contribution in [3.63, 3.8) is 0 Å². The average Bonchev–Trinajstić information content (AvgIpc) is 2.34. The first-order valence-electron chi connectivity index (χ1n) is 3.87. The molecule has 0 aromatic carbocycles. The average molecular weight is 152 g/mol. The van der Waals surface area contributed by atoms with Crippen LogP contribution in [-0.2, 0) is 5.54 Å². The van der Waals surface area contributed by atoms with Crippen molar-refractivity contribution in [2.24, 2.45) is 0 Å². The molecule has 3 heteroatoms. The minimum absolute atomic E-state index is 0.122. The number of aromatic nitrogens is 2. The predicted octanol–water partition coefficient (Wildman–Crippen LogP) is 1.40. The van der Waals surface area contributed by atoms with Crippen molar-refractivity contribution in [3.8, 4) is 5.88 Å². The first kappa shape index (κ1) is 6.70. The molecule has 60 valence electrons. The maximum absolute atomic E-state index is 5.40. The lowest BCUT2D eigenvalue weighted by Crippen LogP contribution is -2.34. The molecule has 11 heavy (non-hydrogen) atoms. The highest BCUT2D eigenvalue weighted by Gasteiger charge is 2.27. The summed E-state index contributed by atoms with van der Waals surface area (Å²) in [5.74, 6) is 0.890. The summed E-state index contributed by atoms with van der Waals surface area (Å²) >= 11 is 0. The van der Waals surface area contributed by atoms with Crippen molar-refractivity contribution < 1.29 is 4.74 Å². The maximum Gasteiger partial charge on any atom is 0.212 e. The van der Waals surface area contributed by atoms with Crippen LogP contribution in [0.1, 0.15) is 20.3 Å². The lowest BCUT2D eigenvalue weighted by molar-refractivity contribution is 0.138. The lowest BCUT2D eigenvalue weighted by Gasteiger charge is -2.31. The Bertz CT molecular complexity index is 265. The van der Waals surface area contributed by atoms with Crippen molar-refractivity contribution in [1.82, 2.24) is 9.78 Å². The van der Waals surface area contributed by atoms with Crippen LogP contribution in [0.2, 0.25) is 0 Å². The summed E-state index contributed by atoms with van der Waals surface area (Å²) in [7, 11) is 0. The third-order valence-electron chi connectivity index (χ3n) is 2.15. The van der Waals surface area contributed by atoms with Crippen LogP contribution in [0.15, 0.2) is 12.3 Å². The van der Waals surface area contributed by atoms with Crippen LogP contribution in [0.5, 0.6) is 5.88 Å². The normalized spacial score (nSPS) is 20.5. The molecule has 0 spiro atoms. The van der Waals surface area contributed by atoms with Gasteiger partial charge in [-0.25, -0.2) is 4.68 Å². The van der Waals surface area contributed by atoms with Crippen molar-refractivity contribution in [2.45, 2.75) is 25.8 Å². The van der Waals surface area contributed by atoms with Crippen LogP contribution in [0, 0.1) is 0 Å². The molecule has 0 amide bonds. The smallest absolute Gasteiger partial charge is 0.212 e. The van der Waals surface area contributed by atoms with Crippen LogP contribution in [0.4, 0.5) is 0 Å². The van der Waals surface area contributed by atoms with Gasteiger partial charge in [-0.05, 0) is 13.8 Å². The molecule has 2 rings (SSSR count). The van der Waals surface area contributed by atoms with E-state index in [1.165, 1.54) is 0 Å². The summed E-state index contributed by atoms with van der Waals surface area (Å²) in [4.78, 5) is 0. The molecule has 0 saturated heterocycles. The first-order valence-corrected chi connectivity index (χ1v) is 3.87. The summed E-state index contributed by atoms with van der Waals surface area (Å²) in [5, 5.41) is 4.20. The summed E-state index contributed by atoms with van der Waals surface area (Å²) in [6.45, 7) is 5.15. The van der Waals surface area contributed by atoms with Crippen molar-refractivity contribution in [3.05, 3.63) is 12.3 Å². The number of nitrogens with zero attached hydrogens (tertiary/aromatic N) is 2. The molecule has 1 aliphatic heterocycles. The SMILES string of the molecule is CC1(C)CCOc2ccnn21. The fourth-order valence-corrected chi connectivity index (χ4v) is 1.37. The van der Waals surface area contributed by atoms with E-state index in [1.807, 2.05) is 10.7 Å². The summed E-state index contributed by atoms with van der Waals surface area (Å²) in [6.07, 6.45) is 2.81. The fraction of sp³-hybridized carbons (Fsp3) is 0.625. The molecule has 0 aliphatic carbocycles. The Labute approximate surface area is 66.0 Å². The Morgan fingerprint density at radius 1 is 1.64 bits per heavy atom. The van der Waals surface area contributed by atoms with E-state index in [2.05, 4.69) is 18.9 Å². The molecule has 2 heterocycles. The van der Waals surface area contributed by atoms with E-state index in [-0.39, 0.29) is 5.54 Å². The summed E-state index contributed by atoms with van der Waals surface area (Å²) in [6, 6.07) is 1.90. The maximum atomic E-state index is 5.40. The zero-order valence-corrected chi connectivity index (χ0v) is 6.87. The quantitative estimate of drug-likeness (QED) is 0.562. The van der Waals surface area contributed by atoms with Gasteiger partial charge in [0.1, 0.15) is 0 Å². The Morgan fingerprint density at radius 3 is 3.18 bits per heavy atom. The Hall–Kier alpha value is -0.990. The van der Waals surface area contributed by atoms with Gasteiger partial charge in [-0.1, -0.05) is 0 Å². The van der Waals surface area contributed by atoms with Gasteiger partial charge in [0.2, 0.25) is 5.88 Å². The van der Waals surface area contributed by atoms with Gasteiger partial charge in [-0.2, -0.15) is 5.10 Å². The number of hydrogen-bond donors (Lipinski definition) is 0. The van der Waals surface area contributed by atoms with Gasteiger partial charge in [0.15, 0.2) is 0 Å². The molecule has 0 radical (unpaired) electrons. The second-order valence-electron chi connectivity index (χ2n) is 3.49. The molecule has 0 atom stereocenters. The zero-order valence-electron chi connectivity index (χ0n) is 6.87. The Kier molecular flexibility index (Phi) is 1.22. The second kappa shape index (κ2) is 2.00. The van der Waals surface area contributed by atoms with Gasteiger partial charge in [0.05, 0.1) is 18.3 Å². The number of ether oxygens (including phenoxy) is 1. The molecule has 3 nitrogen and oxygen atoms in total. The van der Waals surface area contributed by atoms with Crippen molar-refractivity contribution in [1.29, 1.82) is 0 Å². The Balaban J connectivity index is 2.48. The van der Waals surface area contributed by atoms with Gasteiger partial charge in [-0.15, -0.1) is 0 Å². The highest BCUT2D eigenvalue weighted by Crippen LogP contribution is 2.29. The molecule has 1 aliphatic rings. The van der Waals surface area contributed by atoms with Crippen LogP contribution >= 0.6 is 0 Å². The number of hydrogen-bond acceptors (Lipinski definition) is 2. The molecule has 0 unspecified atom stereocenters. The first-order chi connectivity index (χ1) is 5.20. The van der Waals surface area contributed by atoms with Crippen LogP contribution in [0.25, 0.3) is 0 Å². The van der Waals surface area contributed by atoms with E-state index < -0.39 is 0 Å². The molecule has 0 fully saturated rings. The molecule has 0 saturated carbocycles.